The molecule has 0 atom stereocenters. The van der Waals surface area contributed by atoms with E-state index in [-0.39, 0.29) is 17.5 Å². The molecular weight excluding hydrogens is 401 g/mol. The van der Waals surface area contributed by atoms with E-state index in [4.69, 9.17) is 0 Å². The van der Waals surface area contributed by atoms with Crippen LogP contribution in [0.5, 0.6) is 0 Å². The van der Waals surface area contributed by atoms with Gasteiger partial charge in [0.15, 0.2) is 11.0 Å². The molecule has 6 nitrogen and oxygen atoms in total. The molecule has 0 bridgehead atoms. The summed E-state index contributed by atoms with van der Waals surface area (Å²) >= 11 is 1.29. The summed E-state index contributed by atoms with van der Waals surface area (Å²) in [7, 11) is 0. The van der Waals surface area contributed by atoms with E-state index in [1.165, 1.54) is 23.9 Å². The van der Waals surface area contributed by atoms with Crippen LogP contribution in [0.1, 0.15) is 5.56 Å². The number of hydrogen-bond donors (Lipinski definition) is 1. The van der Waals surface area contributed by atoms with Crippen molar-refractivity contribution in [3.63, 3.8) is 0 Å². The standard InChI is InChI=1S/C22H18FN5OS/c23-18-10-8-17(9-11-18)21-26-27-22(28(21)19-6-2-1-3-7-19)30-15-20(29)25-14-16-5-4-12-24-13-16/h1-13H,14-15H2,(H,25,29). The third kappa shape index (κ3) is 4.72. The molecule has 1 N–H and O–H groups in total. The van der Waals surface area contributed by atoms with Crippen LogP contribution in [-0.2, 0) is 11.3 Å². The van der Waals surface area contributed by atoms with Gasteiger partial charge in [-0.25, -0.2) is 4.39 Å². The molecule has 150 valence electrons. The molecule has 0 aliphatic heterocycles. The number of hydrogen-bond acceptors (Lipinski definition) is 5. The molecule has 0 spiro atoms. The van der Waals surface area contributed by atoms with Gasteiger partial charge in [0.25, 0.3) is 0 Å². The first-order valence-electron chi connectivity index (χ1n) is 9.26. The Balaban J connectivity index is 1.53. The molecule has 0 saturated carbocycles. The highest BCUT2D eigenvalue weighted by Gasteiger charge is 2.17. The highest BCUT2D eigenvalue weighted by molar-refractivity contribution is 7.99. The Kier molecular flexibility index (Phi) is 6.14. The van der Waals surface area contributed by atoms with E-state index in [0.717, 1.165) is 16.8 Å². The average molecular weight is 419 g/mol. The van der Waals surface area contributed by atoms with Crippen LogP contribution in [0.25, 0.3) is 17.1 Å². The zero-order valence-corrected chi connectivity index (χ0v) is 16.7. The number of nitrogens with zero attached hydrogens (tertiary/aromatic N) is 4. The summed E-state index contributed by atoms with van der Waals surface area (Å²) in [6, 6.07) is 19.4. The van der Waals surface area contributed by atoms with Crippen molar-refractivity contribution in [2.45, 2.75) is 11.7 Å². The number of rotatable bonds is 7. The van der Waals surface area contributed by atoms with Gasteiger partial charge in [0.2, 0.25) is 5.91 Å². The van der Waals surface area contributed by atoms with Crippen LogP contribution in [0.3, 0.4) is 0 Å². The fourth-order valence-corrected chi connectivity index (χ4v) is 3.63. The van der Waals surface area contributed by atoms with Crippen LogP contribution in [0.4, 0.5) is 4.39 Å². The first-order valence-corrected chi connectivity index (χ1v) is 10.2. The fourth-order valence-electron chi connectivity index (χ4n) is 2.84. The zero-order chi connectivity index (χ0) is 20.8. The number of amides is 1. The summed E-state index contributed by atoms with van der Waals surface area (Å²) in [5, 5.41) is 12.0. The lowest BCUT2D eigenvalue weighted by Gasteiger charge is -2.10. The van der Waals surface area contributed by atoms with Gasteiger partial charge in [0, 0.05) is 30.2 Å². The average Bonchev–Trinajstić information content (AvgIpc) is 3.22. The second kappa shape index (κ2) is 9.32. The van der Waals surface area contributed by atoms with Crippen LogP contribution < -0.4 is 5.32 Å². The van der Waals surface area contributed by atoms with Gasteiger partial charge in [-0.3, -0.25) is 14.3 Å². The Labute approximate surface area is 177 Å². The van der Waals surface area contributed by atoms with Gasteiger partial charge < -0.3 is 5.32 Å². The van der Waals surface area contributed by atoms with Crippen molar-refractivity contribution in [1.82, 2.24) is 25.1 Å². The van der Waals surface area contributed by atoms with E-state index in [2.05, 4.69) is 20.5 Å². The van der Waals surface area contributed by atoms with Gasteiger partial charge in [-0.05, 0) is 48.0 Å². The molecule has 0 aliphatic carbocycles. The summed E-state index contributed by atoms with van der Waals surface area (Å²) in [5.74, 6) is 0.341. The van der Waals surface area contributed by atoms with Crippen molar-refractivity contribution < 1.29 is 9.18 Å². The Morgan fingerprint density at radius 3 is 2.53 bits per heavy atom. The number of carbonyl (C=O) groups is 1. The smallest absolute Gasteiger partial charge is 0.230 e. The zero-order valence-electron chi connectivity index (χ0n) is 15.9. The van der Waals surface area contributed by atoms with Crippen molar-refractivity contribution in [2.24, 2.45) is 0 Å². The maximum atomic E-state index is 13.3. The van der Waals surface area contributed by atoms with Crippen LogP contribution in [0, 0.1) is 5.82 Å². The predicted molar refractivity (Wildman–Crippen MR) is 114 cm³/mol. The molecule has 8 heteroatoms. The highest BCUT2D eigenvalue weighted by atomic mass is 32.2. The van der Waals surface area contributed by atoms with Crippen LogP contribution in [-0.4, -0.2) is 31.4 Å². The first kappa shape index (κ1) is 19.8. The molecule has 0 unspecified atom stereocenters. The summed E-state index contributed by atoms with van der Waals surface area (Å²) in [4.78, 5) is 16.3. The van der Waals surface area contributed by atoms with E-state index in [1.807, 2.05) is 47.0 Å². The number of aromatic nitrogens is 4. The molecule has 0 saturated heterocycles. The highest BCUT2D eigenvalue weighted by Crippen LogP contribution is 2.28. The molecule has 0 fully saturated rings. The third-order valence-electron chi connectivity index (χ3n) is 4.30. The number of halogens is 1. The molecular formula is C22H18FN5OS. The predicted octanol–water partition coefficient (Wildman–Crippen LogP) is 3.88. The lowest BCUT2D eigenvalue weighted by Crippen LogP contribution is -2.24. The Bertz CT molecular complexity index is 1120. The summed E-state index contributed by atoms with van der Waals surface area (Å²) < 4.78 is 15.2. The monoisotopic (exact) mass is 419 g/mol. The van der Waals surface area contributed by atoms with Crippen molar-refractivity contribution >= 4 is 17.7 Å². The first-order chi connectivity index (χ1) is 14.7. The van der Waals surface area contributed by atoms with Crippen molar-refractivity contribution in [1.29, 1.82) is 0 Å². The van der Waals surface area contributed by atoms with E-state index >= 15 is 0 Å². The van der Waals surface area contributed by atoms with Gasteiger partial charge in [-0.2, -0.15) is 0 Å². The largest absolute Gasteiger partial charge is 0.351 e. The number of pyridine rings is 1. The minimum absolute atomic E-state index is 0.116. The summed E-state index contributed by atoms with van der Waals surface area (Å²) in [6.45, 7) is 0.416. The topological polar surface area (TPSA) is 72.7 Å². The van der Waals surface area contributed by atoms with Crippen molar-refractivity contribution in [3.05, 3.63) is 90.5 Å². The van der Waals surface area contributed by atoms with Crippen molar-refractivity contribution in [2.75, 3.05) is 5.75 Å². The molecule has 30 heavy (non-hydrogen) atoms. The third-order valence-corrected chi connectivity index (χ3v) is 5.22. The van der Waals surface area contributed by atoms with Crippen LogP contribution >= 0.6 is 11.8 Å². The van der Waals surface area contributed by atoms with E-state index < -0.39 is 0 Å². The fraction of sp³-hybridized carbons (Fsp3) is 0.0909. The molecule has 2 aromatic heterocycles. The van der Waals surface area contributed by atoms with Crippen LogP contribution in [0.2, 0.25) is 0 Å². The molecule has 2 heterocycles. The second-order valence-electron chi connectivity index (χ2n) is 6.41. The lowest BCUT2D eigenvalue weighted by molar-refractivity contribution is -0.118. The minimum Gasteiger partial charge on any atom is -0.351 e. The number of para-hydroxylation sites is 1. The Morgan fingerprint density at radius 1 is 1.00 bits per heavy atom. The van der Waals surface area contributed by atoms with Gasteiger partial charge in [-0.15, -0.1) is 10.2 Å². The van der Waals surface area contributed by atoms with E-state index in [0.29, 0.717) is 17.5 Å². The number of thioether (sulfide) groups is 1. The Morgan fingerprint density at radius 2 is 1.80 bits per heavy atom. The molecule has 2 aromatic carbocycles. The Hall–Kier alpha value is -3.52. The second-order valence-corrected chi connectivity index (χ2v) is 7.35. The van der Waals surface area contributed by atoms with Gasteiger partial charge in [0.1, 0.15) is 5.82 Å². The van der Waals surface area contributed by atoms with E-state index in [1.54, 1.807) is 24.5 Å². The van der Waals surface area contributed by atoms with Gasteiger partial charge in [-0.1, -0.05) is 36.0 Å². The minimum atomic E-state index is -0.315. The summed E-state index contributed by atoms with van der Waals surface area (Å²) in [6.07, 6.45) is 3.41. The molecule has 1 amide bonds. The molecule has 0 radical (unpaired) electrons. The lowest BCUT2D eigenvalue weighted by atomic mass is 10.2. The summed E-state index contributed by atoms with van der Waals surface area (Å²) in [5.41, 5.74) is 2.53. The number of nitrogens with one attached hydrogen (secondary N) is 1. The molecule has 0 aliphatic rings. The molecule has 4 aromatic rings. The van der Waals surface area contributed by atoms with Crippen LogP contribution in [0.15, 0.2) is 84.3 Å². The number of benzene rings is 2. The van der Waals surface area contributed by atoms with Crippen molar-refractivity contribution in [3.8, 4) is 17.1 Å². The molecule has 4 rings (SSSR count). The SMILES string of the molecule is O=C(CSc1nnc(-c2ccc(F)cc2)n1-c1ccccc1)NCc1cccnc1. The maximum absolute atomic E-state index is 13.3. The van der Waals surface area contributed by atoms with E-state index in [9.17, 15) is 9.18 Å². The maximum Gasteiger partial charge on any atom is 0.230 e. The van der Waals surface area contributed by atoms with Gasteiger partial charge >= 0.3 is 0 Å². The van der Waals surface area contributed by atoms with Gasteiger partial charge in [0.05, 0.1) is 5.75 Å². The normalized spacial score (nSPS) is 10.7. The number of carbonyl (C=O) groups excluding carboxylic acids is 1. The quantitative estimate of drug-likeness (QED) is 0.460.